The van der Waals surface area contributed by atoms with E-state index < -0.39 is 5.91 Å². The van der Waals surface area contributed by atoms with Crippen LogP contribution >= 0.6 is 11.3 Å². The Morgan fingerprint density at radius 2 is 2.03 bits per heavy atom. The molecule has 0 saturated carbocycles. The van der Waals surface area contributed by atoms with E-state index in [9.17, 15) is 14.9 Å². The largest absolute Gasteiger partial charge is 0.493 e. The van der Waals surface area contributed by atoms with Gasteiger partial charge in [-0.2, -0.15) is 5.26 Å². The number of nitriles is 1. The molecule has 0 aliphatic heterocycles. The van der Waals surface area contributed by atoms with Crippen LogP contribution in [0.4, 0.5) is 5.13 Å². The number of aromatic nitrogens is 2. The second-order valence-corrected chi connectivity index (χ2v) is 6.84. The van der Waals surface area contributed by atoms with Crippen molar-refractivity contribution < 1.29 is 19.1 Å². The van der Waals surface area contributed by atoms with E-state index in [0.717, 1.165) is 11.4 Å². The summed E-state index contributed by atoms with van der Waals surface area (Å²) in [6.45, 7) is 4.17. The molecule has 29 heavy (non-hydrogen) atoms. The highest BCUT2D eigenvalue weighted by atomic mass is 32.1. The van der Waals surface area contributed by atoms with Gasteiger partial charge in [-0.1, -0.05) is 17.4 Å². The summed E-state index contributed by atoms with van der Waals surface area (Å²) in [6.07, 6.45) is 2.22. The molecule has 1 aromatic heterocycles. The van der Waals surface area contributed by atoms with Crippen molar-refractivity contribution in [3.8, 4) is 17.6 Å². The van der Waals surface area contributed by atoms with E-state index in [1.54, 1.807) is 39.2 Å². The molecule has 0 unspecified atom stereocenters. The summed E-state index contributed by atoms with van der Waals surface area (Å²) in [6, 6.07) is 7.06. The molecule has 0 aliphatic rings. The maximum Gasteiger partial charge on any atom is 0.268 e. The molecule has 0 radical (unpaired) electrons. The van der Waals surface area contributed by atoms with Crippen molar-refractivity contribution in [1.29, 1.82) is 5.26 Å². The Kier molecular flexibility index (Phi) is 9.84. The number of benzene rings is 1. The van der Waals surface area contributed by atoms with Crippen LogP contribution in [0.5, 0.6) is 11.5 Å². The minimum absolute atomic E-state index is 0.0472. The number of ether oxygens (including phenoxy) is 2. The zero-order chi connectivity index (χ0) is 21.8. The van der Waals surface area contributed by atoms with Gasteiger partial charge in [-0.3, -0.25) is 14.9 Å². The zero-order valence-corrected chi connectivity index (χ0v) is 17.7. The predicted octanol–water partition coefficient (Wildman–Crippen LogP) is 2.50. The van der Waals surface area contributed by atoms with Gasteiger partial charge in [-0.05, 0) is 37.6 Å². The minimum Gasteiger partial charge on any atom is -0.493 e. The van der Waals surface area contributed by atoms with Crippen LogP contribution in [0.25, 0.3) is 6.08 Å². The topological polar surface area (TPSA) is 117 Å². The van der Waals surface area contributed by atoms with E-state index in [0.29, 0.717) is 28.8 Å². The van der Waals surface area contributed by atoms with Crippen LogP contribution in [0.15, 0.2) is 23.8 Å². The van der Waals surface area contributed by atoms with E-state index in [2.05, 4.69) is 15.5 Å². The number of carbonyl (C=O) groups excluding carboxylic acids is 2. The SMILES string of the molecule is CCOc1ccc(/C=C(\C#N)C(=O)Nc2nnc(C)s2)cc1OC.CN(C)C=O. The molecule has 0 aliphatic carbocycles. The van der Waals surface area contributed by atoms with E-state index in [-0.39, 0.29) is 5.57 Å². The van der Waals surface area contributed by atoms with Gasteiger partial charge < -0.3 is 14.4 Å². The van der Waals surface area contributed by atoms with Crippen LogP contribution in [0.3, 0.4) is 0 Å². The summed E-state index contributed by atoms with van der Waals surface area (Å²) >= 11 is 1.24. The summed E-state index contributed by atoms with van der Waals surface area (Å²) < 4.78 is 10.7. The fraction of sp³-hybridized carbons (Fsp3) is 0.316. The van der Waals surface area contributed by atoms with Crippen LogP contribution < -0.4 is 14.8 Å². The lowest BCUT2D eigenvalue weighted by Crippen LogP contribution is -2.13. The van der Waals surface area contributed by atoms with Crippen molar-refractivity contribution >= 4 is 34.9 Å². The van der Waals surface area contributed by atoms with Crippen molar-refractivity contribution in [1.82, 2.24) is 15.1 Å². The second kappa shape index (κ2) is 12.1. The third-order valence-corrected chi connectivity index (χ3v) is 3.88. The summed E-state index contributed by atoms with van der Waals surface area (Å²) in [7, 11) is 4.90. The van der Waals surface area contributed by atoms with Crippen LogP contribution in [-0.4, -0.2) is 55.2 Å². The summed E-state index contributed by atoms with van der Waals surface area (Å²) in [5, 5.41) is 20.5. The number of nitrogens with zero attached hydrogens (tertiary/aromatic N) is 4. The number of nitrogens with one attached hydrogen (secondary N) is 1. The fourth-order valence-electron chi connectivity index (χ4n) is 1.88. The average Bonchev–Trinajstić information content (AvgIpc) is 3.12. The number of aryl methyl sites for hydroxylation is 1. The highest BCUT2D eigenvalue weighted by molar-refractivity contribution is 7.15. The standard InChI is InChI=1S/C16H16N4O3S.C3H7NO/c1-4-23-13-6-5-11(8-14(13)22-3)7-12(9-17)15(21)18-16-20-19-10(2)24-16;1-4(2)3-5/h5-8H,4H2,1-3H3,(H,18,20,21);3H,1-2H3/b12-7+;. The number of anilines is 1. The molecule has 154 valence electrons. The monoisotopic (exact) mass is 417 g/mol. The van der Waals surface area contributed by atoms with Gasteiger partial charge >= 0.3 is 0 Å². The van der Waals surface area contributed by atoms with Crippen molar-refractivity contribution in [3.63, 3.8) is 0 Å². The molecule has 1 heterocycles. The lowest BCUT2D eigenvalue weighted by molar-refractivity contribution is -0.116. The van der Waals surface area contributed by atoms with Crippen LogP contribution in [-0.2, 0) is 9.59 Å². The van der Waals surface area contributed by atoms with Crippen LogP contribution in [0.1, 0.15) is 17.5 Å². The van der Waals surface area contributed by atoms with Gasteiger partial charge in [0.05, 0.1) is 13.7 Å². The Bertz CT molecular complexity index is 902. The average molecular weight is 417 g/mol. The maximum atomic E-state index is 12.2. The molecule has 2 amide bonds. The van der Waals surface area contributed by atoms with Crippen molar-refractivity contribution in [2.24, 2.45) is 0 Å². The highest BCUT2D eigenvalue weighted by Crippen LogP contribution is 2.29. The summed E-state index contributed by atoms with van der Waals surface area (Å²) in [5.74, 6) is 0.592. The van der Waals surface area contributed by atoms with Crippen molar-refractivity contribution in [3.05, 3.63) is 34.3 Å². The Hall–Kier alpha value is -3.45. The predicted molar refractivity (Wildman–Crippen MR) is 111 cm³/mol. The van der Waals surface area contributed by atoms with Gasteiger partial charge in [0.25, 0.3) is 5.91 Å². The van der Waals surface area contributed by atoms with Crippen LogP contribution in [0.2, 0.25) is 0 Å². The summed E-state index contributed by atoms with van der Waals surface area (Å²) in [4.78, 5) is 23.0. The van der Waals surface area contributed by atoms with Gasteiger partial charge in [0.1, 0.15) is 16.6 Å². The third kappa shape index (κ3) is 7.98. The Morgan fingerprint density at radius 1 is 1.34 bits per heavy atom. The zero-order valence-electron chi connectivity index (χ0n) is 16.9. The molecule has 2 rings (SSSR count). The van der Waals surface area contributed by atoms with E-state index in [1.165, 1.54) is 29.4 Å². The lowest BCUT2D eigenvalue weighted by Gasteiger charge is -2.09. The number of hydrogen-bond donors (Lipinski definition) is 1. The first kappa shape index (κ1) is 23.6. The van der Waals surface area contributed by atoms with Gasteiger partial charge in [0.2, 0.25) is 11.5 Å². The normalized spacial score (nSPS) is 10.1. The van der Waals surface area contributed by atoms with Crippen LogP contribution in [0, 0.1) is 18.3 Å². The Labute approximate surface area is 173 Å². The number of carbonyl (C=O) groups is 2. The minimum atomic E-state index is -0.540. The highest BCUT2D eigenvalue weighted by Gasteiger charge is 2.13. The number of methoxy groups -OCH3 is 1. The first-order valence-electron chi connectivity index (χ1n) is 8.50. The molecule has 1 aromatic carbocycles. The molecule has 10 heteroatoms. The molecule has 2 aromatic rings. The number of amides is 2. The third-order valence-electron chi connectivity index (χ3n) is 3.12. The van der Waals surface area contributed by atoms with Gasteiger partial charge in [-0.15, -0.1) is 10.2 Å². The van der Waals surface area contributed by atoms with E-state index in [4.69, 9.17) is 9.47 Å². The summed E-state index contributed by atoms with van der Waals surface area (Å²) in [5.41, 5.74) is 0.601. The molecule has 1 N–H and O–H groups in total. The smallest absolute Gasteiger partial charge is 0.268 e. The number of hydrogen-bond acceptors (Lipinski definition) is 8. The molecule has 0 spiro atoms. The molecular weight excluding hydrogens is 394 g/mol. The van der Waals surface area contributed by atoms with E-state index in [1.807, 2.05) is 13.0 Å². The van der Waals surface area contributed by atoms with Gasteiger partial charge in [-0.25, -0.2) is 0 Å². The van der Waals surface area contributed by atoms with Gasteiger partial charge in [0.15, 0.2) is 11.5 Å². The molecule has 0 saturated heterocycles. The molecule has 9 nitrogen and oxygen atoms in total. The second-order valence-electron chi connectivity index (χ2n) is 5.66. The quantitative estimate of drug-likeness (QED) is 0.418. The van der Waals surface area contributed by atoms with Gasteiger partial charge in [0, 0.05) is 14.1 Å². The molecule has 0 bridgehead atoms. The fourth-order valence-corrected chi connectivity index (χ4v) is 2.46. The first-order valence-corrected chi connectivity index (χ1v) is 9.32. The first-order chi connectivity index (χ1) is 13.8. The molecule has 0 fully saturated rings. The molecular formula is C19H23N5O4S. The Morgan fingerprint density at radius 3 is 2.52 bits per heavy atom. The van der Waals surface area contributed by atoms with Crippen molar-refractivity contribution in [2.45, 2.75) is 13.8 Å². The van der Waals surface area contributed by atoms with E-state index >= 15 is 0 Å². The lowest BCUT2D eigenvalue weighted by atomic mass is 10.1. The number of rotatable bonds is 7. The molecule has 0 atom stereocenters. The maximum absolute atomic E-state index is 12.2. The Balaban J connectivity index is 0.000000749. The van der Waals surface area contributed by atoms with Crippen molar-refractivity contribution in [2.75, 3.05) is 33.1 Å².